The van der Waals surface area contributed by atoms with Gasteiger partial charge in [-0.25, -0.2) is 0 Å². The van der Waals surface area contributed by atoms with Crippen LogP contribution in [0, 0.1) is 5.92 Å². The van der Waals surface area contributed by atoms with Crippen molar-refractivity contribution < 1.29 is 24.3 Å². The monoisotopic (exact) mass is 515 g/mol. The zero-order chi connectivity index (χ0) is 27.5. The first-order valence-electron chi connectivity index (χ1n) is 12.9. The summed E-state index contributed by atoms with van der Waals surface area (Å²) in [7, 11) is 0. The third kappa shape index (κ3) is 9.97. The van der Waals surface area contributed by atoms with Crippen LogP contribution in [0.3, 0.4) is 0 Å². The van der Waals surface area contributed by atoms with E-state index in [4.69, 9.17) is 5.73 Å². The van der Waals surface area contributed by atoms with Gasteiger partial charge in [-0.3, -0.25) is 19.2 Å². The minimum Gasteiger partial charge on any atom is -0.370 e. The van der Waals surface area contributed by atoms with E-state index in [1.807, 2.05) is 32.9 Å². The number of aliphatic hydroxyl groups is 1. The number of hydrogen-bond donors (Lipinski definition) is 5. The highest BCUT2D eigenvalue weighted by atomic mass is 16.3. The second kappa shape index (κ2) is 14.5. The van der Waals surface area contributed by atoms with Crippen molar-refractivity contribution in [2.24, 2.45) is 11.7 Å². The third-order valence-electron chi connectivity index (χ3n) is 6.11. The second-order valence-electron chi connectivity index (χ2n) is 10.0. The number of nitrogens with one attached hydrogen (secondary N) is 3. The normalized spacial score (nSPS) is 17.4. The summed E-state index contributed by atoms with van der Waals surface area (Å²) in [4.78, 5) is 50.8. The van der Waals surface area contributed by atoms with Crippen LogP contribution in [0.2, 0.25) is 0 Å². The molecule has 37 heavy (non-hydrogen) atoms. The predicted molar refractivity (Wildman–Crippen MR) is 142 cm³/mol. The van der Waals surface area contributed by atoms with Gasteiger partial charge in [0.2, 0.25) is 23.6 Å². The molecule has 1 heterocycles. The Hall–Kier alpha value is -3.24. The number of carbonyl (C=O) groups excluding carboxylic acids is 4. The molecule has 10 heteroatoms. The number of carbonyl (C=O) groups is 4. The lowest BCUT2D eigenvalue weighted by Crippen LogP contribution is -2.53. The first-order chi connectivity index (χ1) is 17.5. The average molecular weight is 516 g/mol. The molecule has 0 radical (unpaired) electrons. The highest BCUT2D eigenvalue weighted by molar-refractivity contribution is 5.98. The smallest absolute Gasteiger partial charge is 0.248 e. The van der Waals surface area contributed by atoms with Crippen molar-refractivity contribution in [3.63, 3.8) is 0 Å². The van der Waals surface area contributed by atoms with Crippen molar-refractivity contribution in [1.29, 1.82) is 0 Å². The van der Waals surface area contributed by atoms with Gasteiger partial charge < -0.3 is 31.7 Å². The molecule has 6 N–H and O–H groups in total. The summed E-state index contributed by atoms with van der Waals surface area (Å²) >= 11 is 0. The van der Waals surface area contributed by atoms with E-state index in [9.17, 15) is 24.3 Å². The molecule has 4 atom stereocenters. The van der Waals surface area contributed by atoms with Gasteiger partial charge >= 0.3 is 0 Å². The quantitative estimate of drug-likeness (QED) is 0.236. The summed E-state index contributed by atoms with van der Waals surface area (Å²) in [6.07, 6.45) is 4.84. The average Bonchev–Trinajstić information content (AvgIpc) is 3.15. The highest BCUT2D eigenvalue weighted by Gasteiger charge is 2.27. The van der Waals surface area contributed by atoms with E-state index >= 15 is 0 Å². The summed E-state index contributed by atoms with van der Waals surface area (Å²) in [5.41, 5.74) is 7.50. The lowest BCUT2D eigenvalue weighted by atomic mass is 10.0. The first kappa shape index (κ1) is 30.0. The van der Waals surface area contributed by atoms with Crippen LogP contribution in [0.15, 0.2) is 36.4 Å². The molecule has 2 unspecified atom stereocenters. The molecule has 1 aliphatic heterocycles. The number of hydrogen-bond acceptors (Lipinski definition) is 6. The van der Waals surface area contributed by atoms with Crippen LogP contribution >= 0.6 is 0 Å². The predicted octanol–water partition coefficient (Wildman–Crippen LogP) is 1.44. The Balaban J connectivity index is 1.75. The van der Waals surface area contributed by atoms with Crippen molar-refractivity contribution in [3.8, 4) is 0 Å². The van der Waals surface area contributed by atoms with Crippen LogP contribution in [0.4, 0.5) is 5.69 Å². The van der Waals surface area contributed by atoms with Gasteiger partial charge in [0.05, 0.1) is 0 Å². The van der Waals surface area contributed by atoms with Gasteiger partial charge in [-0.15, -0.1) is 0 Å². The number of amides is 4. The fraction of sp³-hybridized carbons (Fsp3) is 0.556. The van der Waals surface area contributed by atoms with Gasteiger partial charge in [-0.1, -0.05) is 32.4 Å². The number of nitrogens with two attached hydrogens (primary N) is 1. The zero-order valence-electron chi connectivity index (χ0n) is 22.2. The van der Waals surface area contributed by atoms with E-state index in [-0.39, 0.29) is 36.1 Å². The fourth-order valence-corrected chi connectivity index (χ4v) is 3.98. The third-order valence-corrected chi connectivity index (χ3v) is 6.11. The number of aliphatic hydroxyl groups excluding tert-OH is 1. The van der Waals surface area contributed by atoms with Gasteiger partial charge in [0.25, 0.3) is 0 Å². The summed E-state index contributed by atoms with van der Waals surface area (Å²) in [5, 5.41) is 17.9. The van der Waals surface area contributed by atoms with E-state index in [1.54, 1.807) is 19.1 Å². The SMILES string of the molecule is CC(N)Cc1ccc(NC(=O)[C@H](C)NC(=O)[C@@H](NC(=O)CCCCCN2C(=O)C=CC2O)C(C)C)cc1. The number of unbranched alkanes of at least 4 members (excludes halogenated alkanes) is 2. The van der Waals surface area contributed by atoms with E-state index < -0.39 is 24.2 Å². The molecular weight excluding hydrogens is 474 g/mol. The van der Waals surface area contributed by atoms with Crippen molar-refractivity contribution in [1.82, 2.24) is 15.5 Å². The molecule has 4 amide bonds. The standard InChI is InChI=1S/C27H41N5O5/c1-17(2)25(31-22(33)8-6-5-7-15-32-23(34)13-14-24(32)35)27(37)29-19(4)26(36)30-21-11-9-20(10-12-21)16-18(3)28/h9-14,17-19,23,25,34H,5-8,15-16,28H2,1-4H3,(H,29,37)(H,30,36)(H,31,33)/t18?,19-,23?,25-/m0/s1. The molecule has 0 aromatic heterocycles. The van der Waals surface area contributed by atoms with Crippen LogP contribution in [0.5, 0.6) is 0 Å². The molecule has 1 aromatic carbocycles. The molecule has 1 aliphatic rings. The second-order valence-corrected chi connectivity index (χ2v) is 10.0. The lowest BCUT2D eigenvalue weighted by Gasteiger charge is -2.24. The Kier molecular flexibility index (Phi) is 11.7. The maximum atomic E-state index is 12.8. The molecule has 0 bridgehead atoms. The lowest BCUT2D eigenvalue weighted by molar-refractivity contribution is -0.132. The van der Waals surface area contributed by atoms with Gasteiger partial charge in [-0.05, 0) is 62.8 Å². The Morgan fingerprint density at radius 2 is 1.68 bits per heavy atom. The molecule has 0 aliphatic carbocycles. The van der Waals surface area contributed by atoms with Gasteiger partial charge in [0.1, 0.15) is 18.3 Å². The molecule has 0 saturated heterocycles. The Bertz CT molecular complexity index is 960. The summed E-state index contributed by atoms with van der Waals surface area (Å²) < 4.78 is 0. The van der Waals surface area contributed by atoms with Crippen LogP contribution in [0.1, 0.15) is 58.9 Å². The van der Waals surface area contributed by atoms with Crippen molar-refractivity contribution in [2.45, 2.75) is 84.2 Å². The summed E-state index contributed by atoms with van der Waals surface area (Å²) in [5.74, 6) is -1.43. The van der Waals surface area contributed by atoms with Gasteiger partial charge in [0, 0.05) is 30.8 Å². The zero-order valence-corrected chi connectivity index (χ0v) is 22.2. The van der Waals surface area contributed by atoms with Crippen molar-refractivity contribution in [3.05, 3.63) is 42.0 Å². The maximum absolute atomic E-state index is 12.8. The summed E-state index contributed by atoms with van der Waals surface area (Å²) in [6.45, 7) is 7.59. The van der Waals surface area contributed by atoms with E-state index in [1.165, 1.54) is 17.1 Å². The Labute approximate surface area is 219 Å². The largest absolute Gasteiger partial charge is 0.370 e. The van der Waals surface area contributed by atoms with Crippen molar-refractivity contribution >= 4 is 29.3 Å². The minimum absolute atomic E-state index is 0.0459. The molecule has 2 rings (SSSR count). The fourth-order valence-electron chi connectivity index (χ4n) is 3.98. The van der Waals surface area contributed by atoms with Gasteiger partial charge in [0.15, 0.2) is 0 Å². The topological polar surface area (TPSA) is 154 Å². The Morgan fingerprint density at radius 3 is 2.24 bits per heavy atom. The number of nitrogens with zero attached hydrogens (tertiary/aromatic N) is 1. The molecule has 10 nitrogen and oxygen atoms in total. The van der Waals surface area contributed by atoms with Crippen LogP contribution in [-0.2, 0) is 25.6 Å². The molecule has 0 fully saturated rings. The van der Waals surface area contributed by atoms with Crippen LogP contribution < -0.4 is 21.7 Å². The maximum Gasteiger partial charge on any atom is 0.248 e. The Morgan fingerprint density at radius 1 is 1.00 bits per heavy atom. The molecular formula is C27H41N5O5. The number of rotatable bonds is 14. The molecule has 0 saturated carbocycles. The highest BCUT2D eigenvalue weighted by Crippen LogP contribution is 2.13. The van der Waals surface area contributed by atoms with Gasteiger partial charge in [-0.2, -0.15) is 0 Å². The van der Waals surface area contributed by atoms with E-state index in [2.05, 4.69) is 16.0 Å². The van der Waals surface area contributed by atoms with Crippen molar-refractivity contribution in [2.75, 3.05) is 11.9 Å². The molecule has 0 spiro atoms. The van der Waals surface area contributed by atoms with Crippen LogP contribution in [0.25, 0.3) is 0 Å². The van der Waals surface area contributed by atoms with E-state index in [0.29, 0.717) is 31.5 Å². The number of anilines is 1. The number of benzene rings is 1. The summed E-state index contributed by atoms with van der Waals surface area (Å²) in [6, 6.07) is 5.87. The van der Waals surface area contributed by atoms with Crippen LogP contribution in [-0.4, -0.2) is 64.5 Å². The first-order valence-corrected chi connectivity index (χ1v) is 12.9. The molecule has 1 aromatic rings. The molecule has 204 valence electrons. The minimum atomic E-state index is -0.878. The van der Waals surface area contributed by atoms with E-state index in [0.717, 1.165) is 12.0 Å².